The molecule has 0 amide bonds. The van der Waals surface area contributed by atoms with Crippen molar-refractivity contribution in [2.45, 2.75) is 51.0 Å². The van der Waals surface area contributed by atoms with E-state index in [0.717, 1.165) is 15.8 Å². The molecule has 0 aliphatic heterocycles. The SMILES string of the molecule is CC(c1cccnc1)n1c(-c2ccccc2)c(C2CCCCC2)c2sc(C(=O)O)cc21. The average Bonchev–Trinajstić information content (AvgIpc) is 3.37. The molecule has 1 saturated carbocycles. The lowest BCUT2D eigenvalue weighted by Gasteiger charge is -2.25. The van der Waals surface area contributed by atoms with Gasteiger partial charge in [0.25, 0.3) is 0 Å². The molecule has 0 radical (unpaired) electrons. The average molecular weight is 431 g/mol. The molecule has 1 N–H and O–H groups in total. The third-order valence-corrected chi connectivity index (χ3v) is 7.68. The zero-order chi connectivity index (χ0) is 21.4. The number of nitrogens with zero attached hydrogens (tertiary/aromatic N) is 2. The van der Waals surface area contributed by atoms with Crippen LogP contribution in [0.25, 0.3) is 21.5 Å². The lowest BCUT2D eigenvalue weighted by molar-refractivity contribution is 0.0702. The molecule has 5 heteroatoms. The quantitative estimate of drug-likeness (QED) is 0.367. The van der Waals surface area contributed by atoms with E-state index in [4.69, 9.17) is 0 Å². The number of aromatic nitrogens is 2. The first-order valence-electron chi connectivity index (χ1n) is 11.0. The van der Waals surface area contributed by atoms with Crippen LogP contribution < -0.4 is 0 Å². The van der Waals surface area contributed by atoms with Crippen LogP contribution in [0.4, 0.5) is 0 Å². The summed E-state index contributed by atoms with van der Waals surface area (Å²) in [5.41, 5.74) is 5.92. The number of thiophene rings is 1. The van der Waals surface area contributed by atoms with E-state index in [1.54, 1.807) is 6.20 Å². The third-order valence-electron chi connectivity index (χ3n) is 6.54. The molecule has 5 rings (SSSR count). The third kappa shape index (κ3) is 3.57. The summed E-state index contributed by atoms with van der Waals surface area (Å²) in [5, 5.41) is 9.73. The Balaban J connectivity index is 1.83. The highest BCUT2D eigenvalue weighted by Gasteiger charge is 2.30. The van der Waals surface area contributed by atoms with Gasteiger partial charge in [-0.3, -0.25) is 4.98 Å². The summed E-state index contributed by atoms with van der Waals surface area (Å²) in [4.78, 5) is 16.6. The largest absolute Gasteiger partial charge is 0.477 e. The maximum absolute atomic E-state index is 11.9. The Morgan fingerprint density at radius 2 is 1.90 bits per heavy atom. The molecule has 4 aromatic rings. The lowest BCUT2D eigenvalue weighted by atomic mass is 9.83. The van der Waals surface area contributed by atoms with Crippen LogP contribution in [0, 0.1) is 0 Å². The molecule has 1 unspecified atom stereocenters. The first-order chi connectivity index (χ1) is 15.1. The van der Waals surface area contributed by atoms with Crippen LogP contribution in [0.2, 0.25) is 0 Å². The van der Waals surface area contributed by atoms with Crippen LogP contribution >= 0.6 is 11.3 Å². The number of pyridine rings is 1. The van der Waals surface area contributed by atoms with Crippen LogP contribution in [-0.4, -0.2) is 20.6 Å². The normalized spacial score (nSPS) is 15.9. The first-order valence-corrected chi connectivity index (χ1v) is 11.8. The summed E-state index contributed by atoms with van der Waals surface area (Å²) in [6.07, 6.45) is 9.80. The molecule has 0 bridgehead atoms. The van der Waals surface area contributed by atoms with Crippen molar-refractivity contribution in [2.24, 2.45) is 0 Å². The Morgan fingerprint density at radius 1 is 1.13 bits per heavy atom. The van der Waals surface area contributed by atoms with Crippen LogP contribution in [0.5, 0.6) is 0 Å². The van der Waals surface area contributed by atoms with E-state index in [1.165, 1.54) is 60.3 Å². The monoisotopic (exact) mass is 430 g/mol. The van der Waals surface area contributed by atoms with Gasteiger partial charge in [0.2, 0.25) is 0 Å². The van der Waals surface area contributed by atoms with Gasteiger partial charge in [-0.1, -0.05) is 55.7 Å². The van der Waals surface area contributed by atoms with Crippen LogP contribution in [-0.2, 0) is 0 Å². The molecule has 0 saturated heterocycles. The first kappa shape index (κ1) is 20.0. The molecule has 1 aromatic carbocycles. The Labute approximate surface area is 186 Å². The van der Waals surface area contributed by atoms with Gasteiger partial charge in [0.15, 0.2) is 0 Å². The maximum Gasteiger partial charge on any atom is 0.345 e. The minimum atomic E-state index is -0.849. The molecule has 4 nitrogen and oxygen atoms in total. The predicted molar refractivity (Wildman–Crippen MR) is 126 cm³/mol. The van der Waals surface area contributed by atoms with Crippen molar-refractivity contribution in [3.05, 3.63) is 76.9 Å². The summed E-state index contributed by atoms with van der Waals surface area (Å²) in [7, 11) is 0. The fraction of sp³-hybridized carbons (Fsp3) is 0.308. The van der Waals surface area contributed by atoms with Crippen molar-refractivity contribution in [1.82, 2.24) is 9.55 Å². The molecule has 1 aliphatic rings. The van der Waals surface area contributed by atoms with E-state index in [-0.39, 0.29) is 6.04 Å². The summed E-state index contributed by atoms with van der Waals surface area (Å²) in [5.74, 6) is -0.383. The molecular weight excluding hydrogens is 404 g/mol. The Bertz CT molecular complexity index is 1200. The van der Waals surface area contributed by atoms with Gasteiger partial charge >= 0.3 is 5.97 Å². The zero-order valence-corrected chi connectivity index (χ0v) is 18.4. The van der Waals surface area contributed by atoms with Crippen molar-refractivity contribution in [3.63, 3.8) is 0 Å². The van der Waals surface area contributed by atoms with E-state index in [9.17, 15) is 9.90 Å². The summed E-state index contributed by atoms with van der Waals surface area (Å²) in [6.45, 7) is 2.19. The standard InChI is InChI=1S/C26H26N2O2S/c1-17(20-13-8-14-27-16-20)28-21-15-22(26(29)30)31-25(21)23(18-9-4-2-5-10-18)24(28)19-11-6-3-7-12-19/h3,6-8,11-18H,2,4-5,9-10H2,1H3,(H,29,30). The molecule has 31 heavy (non-hydrogen) atoms. The van der Waals surface area contributed by atoms with Crippen LogP contribution in [0.1, 0.15) is 71.8 Å². The van der Waals surface area contributed by atoms with Gasteiger partial charge < -0.3 is 9.67 Å². The fourth-order valence-electron chi connectivity index (χ4n) is 5.05. The van der Waals surface area contributed by atoms with Crippen molar-refractivity contribution in [3.8, 4) is 11.3 Å². The van der Waals surface area contributed by atoms with E-state index < -0.39 is 5.97 Å². The van der Waals surface area contributed by atoms with Crippen molar-refractivity contribution in [1.29, 1.82) is 0 Å². The number of benzene rings is 1. The lowest BCUT2D eigenvalue weighted by Crippen LogP contribution is -2.11. The minimum Gasteiger partial charge on any atom is -0.477 e. The molecular formula is C26H26N2O2S. The molecule has 158 valence electrons. The number of carbonyl (C=O) groups is 1. The molecule has 1 atom stereocenters. The van der Waals surface area contributed by atoms with E-state index in [1.807, 2.05) is 24.4 Å². The summed E-state index contributed by atoms with van der Waals surface area (Å²) in [6, 6.07) is 16.5. The second kappa shape index (κ2) is 8.31. The summed E-state index contributed by atoms with van der Waals surface area (Å²) < 4.78 is 3.49. The number of carboxylic acids is 1. The Morgan fingerprint density at radius 3 is 2.58 bits per heavy atom. The number of carboxylic acid groups (broad SMARTS) is 1. The van der Waals surface area contributed by atoms with Crippen LogP contribution in [0.3, 0.4) is 0 Å². The highest BCUT2D eigenvalue weighted by atomic mass is 32.1. The zero-order valence-electron chi connectivity index (χ0n) is 17.6. The van der Waals surface area contributed by atoms with E-state index in [0.29, 0.717) is 10.8 Å². The predicted octanol–water partition coefficient (Wildman–Crippen LogP) is 7.12. The number of aromatic carboxylic acids is 1. The van der Waals surface area contributed by atoms with Gasteiger partial charge in [-0.05, 0) is 54.5 Å². The van der Waals surface area contributed by atoms with Gasteiger partial charge in [-0.2, -0.15) is 0 Å². The fourth-order valence-corrected chi connectivity index (χ4v) is 6.16. The second-order valence-electron chi connectivity index (χ2n) is 8.43. The molecule has 0 spiro atoms. The molecule has 1 aliphatic carbocycles. The van der Waals surface area contributed by atoms with Gasteiger partial charge in [0, 0.05) is 12.4 Å². The molecule has 3 aromatic heterocycles. The second-order valence-corrected chi connectivity index (χ2v) is 9.48. The van der Waals surface area contributed by atoms with E-state index in [2.05, 4.69) is 46.8 Å². The topological polar surface area (TPSA) is 55.1 Å². The smallest absolute Gasteiger partial charge is 0.345 e. The number of rotatable bonds is 5. The summed E-state index contributed by atoms with van der Waals surface area (Å²) >= 11 is 1.43. The van der Waals surface area contributed by atoms with Gasteiger partial charge in [0.05, 0.1) is 22.0 Å². The van der Waals surface area contributed by atoms with Crippen LogP contribution in [0.15, 0.2) is 60.9 Å². The highest BCUT2D eigenvalue weighted by Crippen LogP contribution is 2.48. The van der Waals surface area contributed by atoms with Crippen molar-refractivity contribution in [2.75, 3.05) is 0 Å². The Kier molecular flexibility index (Phi) is 5.36. The molecule has 3 heterocycles. The highest BCUT2D eigenvalue weighted by molar-refractivity contribution is 7.21. The van der Waals surface area contributed by atoms with Gasteiger partial charge in [0.1, 0.15) is 4.88 Å². The number of hydrogen-bond donors (Lipinski definition) is 1. The van der Waals surface area contributed by atoms with E-state index >= 15 is 0 Å². The minimum absolute atomic E-state index is 0.0417. The van der Waals surface area contributed by atoms with Crippen molar-refractivity contribution >= 4 is 27.5 Å². The number of hydrogen-bond acceptors (Lipinski definition) is 3. The maximum atomic E-state index is 11.9. The van der Waals surface area contributed by atoms with Gasteiger partial charge in [-0.25, -0.2) is 4.79 Å². The van der Waals surface area contributed by atoms with Gasteiger partial charge in [-0.15, -0.1) is 11.3 Å². The molecule has 1 fully saturated rings. The number of fused-ring (bicyclic) bond motifs is 1. The van der Waals surface area contributed by atoms with Crippen molar-refractivity contribution < 1.29 is 9.90 Å². The Hall–Kier alpha value is -2.92.